The third-order valence-electron chi connectivity index (χ3n) is 4.22. The molecular formula is C15H32IN5O2. The van der Waals surface area contributed by atoms with E-state index in [-0.39, 0.29) is 41.7 Å². The van der Waals surface area contributed by atoms with Crippen molar-refractivity contribution in [1.82, 2.24) is 15.1 Å². The Morgan fingerprint density at radius 1 is 1.39 bits per heavy atom. The van der Waals surface area contributed by atoms with Crippen LogP contribution in [0.4, 0.5) is 4.79 Å². The number of nitrogens with one attached hydrogen (secondary N) is 1. The van der Waals surface area contributed by atoms with Gasteiger partial charge in [0.25, 0.3) is 0 Å². The summed E-state index contributed by atoms with van der Waals surface area (Å²) in [4.78, 5) is 19.9. The van der Waals surface area contributed by atoms with Gasteiger partial charge >= 0.3 is 6.09 Å². The monoisotopic (exact) mass is 441 g/mol. The number of guanidine groups is 1. The van der Waals surface area contributed by atoms with Gasteiger partial charge in [0.05, 0.1) is 13.2 Å². The first kappa shape index (κ1) is 22.2. The molecule has 7 nitrogen and oxygen atoms in total. The molecule has 1 aliphatic rings. The molecule has 0 aliphatic carbocycles. The van der Waals surface area contributed by atoms with E-state index in [4.69, 9.17) is 10.5 Å². The number of piperidine rings is 1. The van der Waals surface area contributed by atoms with Gasteiger partial charge in [-0.15, -0.1) is 24.0 Å². The van der Waals surface area contributed by atoms with Crippen LogP contribution in [0.25, 0.3) is 0 Å². The molecule has 0 radical (unpaired) electrons. The minimum atomic E-state index is -0.227. The van der Waals surface area contributed by atoms with Crippen molar-refractivity contribution >= 4 is 36.0 Å². The van der Waals surface area contributed by atoms with Gasteiger partial charge in [-0.05, 0) is 47.7 Å². The van der Waals surface area contributed by atoms with Crippen LogP contribution < -0.4 is 11.1 Å². The fourth-order valence-corrected chi connectivity index (χ4v) is 2.10. The average molecular weight is 441 g/mol. The second-order valence-electron chi connectivity index (χ2n) is 6.51. The molecule has 0 atom stereocenters. The van der Waals surface area contributed by atoms with Crippen LogP contribution in [0.3, 0.4) is 0 Å². The van der Waals surface area contributed by atoms with Crippen LogP contribution in [0.1, 0.15) is 33.6 Å². The van der Waals surface area contributed by atoms with Gasteiger partial charge in [0, 0.05) is 24.7 Å². The molecule has 0 aromatic heterocycles. The molecule has 0 saturated carbocycles. The highest BCUT2D eigenvalue weighted by atomic mass is 127. The standard InChI is InChI=1S/C15H31N5O2.HI/c1-6-22-14(21)20-9-7-12(8-10-20)18-13(16)17-11-15(2,3)19(4)5;/h12H,6-11H2,1-5H3,(H3,16,17,18);1H. The lowest BCUT2D eigenvalue weighted by Gasteiger charge is -2.33. The normalized spacial score (nSPS) is 17.0. The number of likely N-dealkylation sites (N-methyl/N-ethyl adjacent to an activating group) is 1. The SMILES string of the molecule is CCOC(=O)N1CCC(NC(N)=NCC(C)(C)N(C)C)CC1.I. The predicted molar refractivity (Wildman–Crippen MR) is 104 cm³/mol. The lowest BCUT2D eigenvalue weighted by molar-refractivity contribution is 0.0963. The first-order chi connectivity index (χ1) is 10.3. The number of hydrogen-bond acceptors (Lipinski definition) is 4. The van der Waals surface area contributed by atoms with Crippen molar-refractivity contribution in [3.63, 3.8) is 0 Å². The summed E-state index contributed by atoms with van der Waals surface area (Å²) in [5.41, 5.74) is 5.94. The van der Waals surface area contributed by atoms with Crippen molar-refractivity contribution in [3.05, 3.63) is 0 Å². The molecule has 0 aromatic rings. The zero-order valence-electron chi connectivity index (χ0n) is 15.0. The van der Waals surface area contributed by atoms with E-state index in [2.05, 4.69) is 29.1 Å². The molecule has 23 heavy (non-hydrogen) atoms. The Hall–Kier alpha value is -0.770. The van der Waals surface area contributed by atoms with Gasteiger partial charge in [0.1, 0.15) is 0 Å². The summed E-state index contributed by atoms with van der Waals surface area (Å²) in [5.74, 6) is 0.476. The zero-order valence-corrected chi connectivity index (χ0v) is 17.3. The Bertz CT molecular complexity index is 393. The molecule has 1 rings (SSSR count). The number of carbonyl (C=O) groups is 1. The number of halogens is 1. The maximum atomic E-state index is 11.6. The molecule has 1 saturated heterocycles. The number of rotatable bonds is 5. The smallest absolute Gasteiger partial charge is 0.409 e. The van der Waals surface area contributed by atoms with Crippen LogP contribution in [-0.2, 0) is 4.74 Å². The van der Waals surface area contributed by atoms with E-state index in [0.29, 0.717) is 32.2 Å². The predicted octanol–water partition coefficient (Wildman–Crippen LogP) is 1.47. The summed E-state index contributed by atoms with van der Waals surface area (Å²) in [7, 11) is 4.06. The number of likely N-dealkylation sites (tertiary alicyclic amines) is 1. The van der Waals surface area contributed by atoms with E-state index >= 15 is 0 Å². The van der Waals surface area contributed by atoms with E-state index in [1.807, 2.05) is 21.0 Å². The van der Waals surface area contributed by atoms with E-state index in [0.717, 1.165) is 12.8 Å². The highest BCUT2D eigenvalue weighted by Gasteiger charge is 2.24. The Morgan fingerprint density at radius 3 is 2.43 bits per heavy atom. The molecule has 1 amide bonds. The van der Waals surface area contributed by atoms with Crippen molar-refractivity contribution in [3.8, 4) is 0 Å². The largest absolute Gasteiger partial charge is 0.450 e. The number of nitrogens with zero attached hydrogens (tertiary/aromatic N) is 3. The van der Waals surface area contributed by atoms with Crippen molar-refractivity contribution in [1.29, 1.82) is 0 Å². The molecule has 8 heteroatoms. The molecule has 0 unspecified atom stereocenters. The van der Waals surface area contributed by atoms with Gasteiger partial charge in [0.2, 0.25) is 0 Å². The third-order valence-corrected chi connectivity index (χ3v) is 4.22. The average Bonchev–Trinajstić information content (AvgIpc) is 2.46. The summed E-state index contributed by atoms with van der Waals surface area (Å²) in [5, 5.41) is 3.25. The molecule has 1 aliphatic heterocycles. The van der Waals surface area contributed by atoms with Crippen LogP contribution in [0.15, 0.2) is 4.99 Å². The van der Waals surface area contributed by atoms with E-state index in [1.54, 1.807) is 4.90 Å². The van der Waals surface area contributed by atoms with Gasteiger partial charge in [-0.25, -0.2) is 4.79 Å². The van der Waals surface area contributed by atoms with E-state index in [1.165, 1.54) is 0 Å². The van der Waals surface area contributed by atoms with Gasteiger partial charge in [-0.3, -0.25) is 4.99 Å². The van der Waals surface area contributed by atoms with Gasteiger partial charge in [0.15, 0.2) is 5.96 Å². The first-order valence-electron chi connectivity index (χ1n) is 7.92. The lowest BCUT2D eigenvalue weighted by atomic mass is 10.0. The molecule has 0 bridgehead atoms. The number of nitrogens with two attached hydrogens (primary N) is 1. The minimum Gasteiger partial charge on any atom is -0.450 e. The number of ether oxygens (including phenoxy) is 1. The summed E-state index contributed by atoms with van der Waals surface area (Å²) >= 11 is 0. The highest BCUT2D eigenvalue weighted by Crippen LogP contribution is 2.12. The highest BCUT2D eigenvalue weighted by molar-refractivity contribution is 14.0. The Kier molecular flexibility index (Phi) is 9.83. The van der Waals surface area contributed by atoms with Crippen molar-refractivity contribution in [2.45, 2.75) is 45.2 Å². The van der Waals surface area contributed by atoms with Crippen LogP contribution in [0.2, 0.25) is 0 Å². The lowest BCUT2D eigenvalue weighted by Crippen LogP contribution is -2.49. The van der Waals surface area contributed by atoms with Crippen molar-refractivity contribution in [2.24, 2.45) is 10.7 Å². The maximum Gasteiger partial charge on any atom is 0.409 e. The first-order valence-corrected chi connectivity index (χ1v) is 7.92. The number of carbonyl (C=O) groups excluding carboxylic acids is 1. The molecule has 0 spiro atoms. The summed E-state index contributed by atoms with van der Waals surface area (Å²) < 4.78 is 5.01. The molecule has 1 heterocycles. The second-order valence-corrected chi connectivity index (χ2v) is 6.51. The fraction of sp³-hybridized carbons (Fsp3) is 0.867. The molecular weight excluding hydrogens is 409 g/mol. The van der Waals surface area contributed by atoms with Crippen LogP contribution in [0.5, 0.6) is 0 Å². The summed E-state index contributed by atoms with van der Waals surface area (Å²) in [6.45, 7) is 8.50. The third kappa shape index (κ3) is 7.56. The molecule has 0 aromatic carbocycles. The second kappa shape index (κ2) is 10.2. The molecule has 1 fully saturated rings. The minimum absolute atomic E-state index is 0. The zero-order chi connectivity index (χ0) is 16.8. The Balaban J connectivity index is 0.00000484. The topological polar surface area (TPSA) is 83.2 Å². The van der Waals surface area contributed by atoms with Crippen LogP contribution in [0, 0.1) is 0 Å². The fourth-order valence-electron chi connectivity index (χ4n) is 2.10. The number of hydrogen-bond donors (Lipinski definition) is 2. The van der Waals surface area contributed by atoms with E-state index < -0.39 is 0 Å². The summed E-state index contributed by atoms with van der Waals surface area (Å²) in [6.07, 6.45) is 1.48. The number of aliphatic imine (C=N–C) groups is 1. The van der Waals surface area contributed by atoms with Gasteiger partial charge in [-0.2, -0.15) is 0 Å². The van der Waals surface area contributed by atoms with E-state index in [9.17, 15) is 4.79 Å². The quantitative estimate of drug-likeness (QED) is 0.384. The van der Waals surface area contributed by atoms with Crippen LogP contribution >= 0.6 is 24.0 Å². The molecule has 136 valence electrons. The van der Waals surface area contributed by atoms with Crippen molar-refractivity contribution < 1.29 is 9.53 Å². The Morgan fingerprint density at radius 2 is 1.96 bits per heavy atom. The maximum absolute atomic E-state index is 11.6. The van der Waals surface area contributed by atoms with Crippen molar-refractivity contribution in [2.75, 3.05) is 40.3 Å². The molecule has 3 N–H and O–H groups in total. The Labute approximate surface area is 157 Å². The summed E-state index contributed by atoms with van der Waals surface area (Å²) in [6, 6.07) is 0.261. The van der Waals surface area contributed by atoms with Gasteiger partial charge < -0.3 is 25.6 Å². The van der Waals surface area contributed by atoms with Gasteiger partial charge in [-0.1, -0.05) is 0 Å². The van der Waals surface area contributed by atoms with Crippen LogP contribution in [-0.4, -0.2) is 73.8 Å². The number of amides is 1.